The van der Waals surface area contributed by atoms with Crippen LogP contribution in [0.5, 0.6) is 0 Å². The predicted molar refractivity (Wildman–Crippen MR) is 66.9 cm³/mol. The molecule has 2 rings (SSSR count). The lowest BCUT2D eigenvalue weighted by molar-refractivity contribution is -0.155. The van der Waals surface area contributed by atoms with Gasteiger partial charge in [0, 0.05) is 18.5 Å². The molecule has 102 valence electrons. The third kappa shape index (κ3) is 2.51. The molecule has 0 aromatic heterocycles. The van der Waals surface area contributed by atoms with Gasteiger partial charge >= 0.3 is 5.97 Å². The van der Waals surface area contributed by atoms with Crippen LogP contribution >= 0.6 is 0 Å². The molecule has 1 amide bonds. The van der Waals surface area contributed by atoms with Gasteiger partial charge in [-0.2, -0.15) is 0 Å². The largest absolute Gasteiger partial charge is 0.480 e. The van der Waals surface area contributed by atoms with Crippen LogP contribution in [0.3, 0.4) is 0 Å². The van der Waals surface area contributed by atoms with Crippen LogP contribution < -0.4 is 5.73 Å². The van der Waals surface area contributed by atoms with Gasteiger partial charge in [0.2, 0.25) is 5.91 Å². The summed E-state index contributed by atoms with van der Waals surface area (Å²) in [4.78, 5) is 25.1. The Kier molecular flexibility index (Phi) is 3.61. The summed E-state index contributed by atoms with van der Waals surface area (Å²) in [5.41, 5.74) is 5.70. The van der Waals surface area contributed by atoms with Crippen LogP contribution in [-0.4, -0.2) is 40.0 Å². The van der Waals surface area contributed by atoms with Crippen molar-refractivity contribution in [2.45, 2.75) is 57.0 Å². The Morgan fingerprint density at radius 3 is 2.56 bits per heavy atom. The lowest BCUT2D eigenvalue weighted by Crippen LogP contribution is -2.56. The van der Waals surface area contributed by atoms with E-state index in [2.05, 4.69) is 0 Å². The van der Waals surface area contributed by atoms with Crippen molar-refractivity contribution in [1.82, 2.24) is 4.90 Å². The summed E-state index contributed by atoms with van der Waals surface area (Å²) < 4.78 is 0. The molecule has 2 atom stereocenters. The van der Waals surface area contributed by atoms with E-state index in [1.165, 1.54) is 4.90 Å². The number of hydrogen-bond donors (Lipinski definition) is 2. The van der Waals surface area contributed by atoms with Crippen molar-refractivity contribution < 1.29 is 14.7 Å². The monoisotopic (exact) mass is 254 g/mol. The lowest BCUT2D eigenvalue weighted by atomic mass is 9.75. The van der Waals surface area contributed by atoms with Crippen molar-refractivity contribution >= 4 is 11.9 Å². The highest BCUT2D eigenvalue weighted by Crippen LogP contribution is 2.34. The highest BCUT2D eigenvalue weighted by molar-refractivity contribution is 5.84. The number of carboxylic acids is 1. The van der Waals surface area contributed by atoms with E-state index >= 15 is 0 Å². The van der Waals surface area contributed by atoms with Gasteiger partial charge in [-0.25, -0.2) is 4.79 Å². The minimum atomic E-state index is -0.893. The number of carboxylic acid groups (broad SMARTS) is 1. The summed E-state index contributed by atoms with van der Waals surface area (Å²) in [5.74, 6) is -0.957. The SMILES string of the molecule is CC1CCCN(C(=O)CC2(N)CCC2)C1C(=O)O. The van der Waals surface area contributed by atoms with Gasteiger partial charge in [0.25, 0.3) is 0 Å². The maximum Gasteiger partial charge on any atom is 0.326 e. The number of rotatable bonds is 3. The number of amides is 1. The fourth-order valence-corrected chi connectivity index (χ4v) is 3.05. The van der Waals surface area contributed by atoms with Crippen LogP contribution in [0.25, 0.3) is 0 Å². The minimum absolute atomic E-state index is 0.0234. The second kappa shape index (κ2) is 4.88. The Balaban J connectivity index is 2.04. The highest BCUT2D eigenvalue weighted by atomic mass is 16.4. The average Bonchev–Trinajstić information content (AvgIpc) is 2.25. The molecule has 1 saturated heterocycles. The van der Waals surface area contributed by atoms with E-state index in [4.69, 9.17) is 5.73 Å². The summed E-state index contributed by atoms with van der Waals surface area (Å²) in [6, 6.07) is -0.671. The number of aliphatic carboxylic acids is 1. The standard InChI is InChI=1S/C13H22N2O3/c1-9-4-2-7-15(11(9)12(17)18)10(16)8-13(14)5-3-6-13/h9,11H,2-8,14H2,1H3,(H,17,18). The first-order chi connectivity index (χ1) is 8.43. The van der Waals surface area contributed by atoms with Crippen LogP contribution in [0.1, 0.15) is 45.4 Å². The molecule has 1 aliphatic heterocycles. The van der Waals surface area contributed by atoms with E-state index in [0.717, 1.165) is 32.1 Å². The molecule has 2 aliphatic rings. The smallest absolute Gasteiger partial charge is 0.326 e. The molecule has 1 heterocycles. The Morgan fingerprint density at radius 2 is 2.06 bits per heavy atom. The second-order valence-corrected chi connectivity index (χ2v) is 5.88. The molecule has 1 saturated carbocycles. The Hall–Kier alpha value is -1.10. The first kappa shape index (κ1) is 13.3. The zero-order chi connectivity index (χ0) is 13.3. The summed E-state index contributed by atoms with van der Waals surface area (Å²) in [6.45, 7) is 2.45. The second-order valence-electron chi connectivity index (χ2n) is 5.88. The van der Waals surface area contributed by atoms with E-state index in [1.54, 1.807) is 0 Å². The number of nitrogens with zero attached hydrogens (tertiary/aromatic N) is 1. The van der Waals surface area contributed by atoms with Gasteiger partial charge < -0.3 is 15.7 Å². The van der Waals surface area contributed by atoms with E-state index in [9.17, 15) is 14.7 Å². The van der Waals surface area contributed by atoms with Gasteiger partial charge in [-0.15, -0.1) is 0 Å². The Bertz CT molecular complexity index is 352. The van der Waals surface area contributed by atoms with Gasteiger partial charge in [-0.05, 0) is 38.0 Å². The van der Waals surface area contributed by atoms with Gasteiger partial charge in [0.1, 0.15) is 6.04 Å². The molecule has 0 aromatic carbocycles. The molecule has 5 nitrogen and oxygen atoms in total. The van der Waals surface area contributed by atoms with Crippen LogP contribution in [0.15, 0.2) is 0 Å². The molecule has 18 heavy (non-hydrogen) atoms. The maximum absolute atomic E-state index is 12.2. The summed E-state index contributed by atoms with van der Waals surface area (Å²) in [6.07, 6.45) is 4.87. The lowest BCUT2D eigenvalue weighted by Gasteiger charge is -2.42. The molecule has 5 heteroatoms. The minimum Gasteiger partial charge on any atom is -0.480 e. The molecular weight excluding hydrogens is 232 g/mol. The van der Waals surface area contributed by atoms with E-state index in [0.29, 0.717) is 13.0 Å². The topological polar surface area (TPSA) is 83.6 Å². The van der Waals surface area contributed by atoms with E-state index in [1.807, 2.05) is 6.92 Å². The number of hydrogen-bond acceptors (Lipinski definition) is 3. The van der Waals surface area contributed by atoms with Crippen molar-refractivity contribution in [2.24, 2.45) is 11.7 Å². The molecule has 1 aliphatic carbocycles. The molecule has 2 fully saturated rings. The van der Waals surface area contributed by atoms with Crippen LogP contribution in [-0.2, 0) is 9.59 Å². The van der Waals surface area contributed by atoms with Gasteiger partial charge in [0.05, 0.1) is 0 Å². The Morgan fingerprint density at radius 1 is 1.39 bits per heavy atom. The molecule has 0 bridgehead atoms. The maximum atomic E-state index is 12.2. The molecule has 0 aromatic rings. The number of likely N-dealkylation sites (tertiary alicyclic amines) is 1. The molecule has 2 unspecified atom stereocenters. The number of nitrogens with two attached hydrogens (primary N) is 1. The van der Waals surface area contributed by atoms with Crippen LogP contribution in [0.4, 0.5) is 0 Å². The average molecular weight is 254 g/mol. The van der Waals surface area contributed by atoms with Crippen molar-refractivity contribution in [1.29, 1.82) is 0 Å². The first-order valence-corrected chi connectivity index (χ1v) is 6.74. The van der Waals surface area contributed by atoms with Gasteiger partial charge in [0.15, 0.2) is 0 Å². The normalized spacial score (nSPS) is 30.7. The van der Waals surface area contributed by atoms with Crippen LogP contribution in [0.2, 0.25) is 0 Å². The van der Waals surface area contributed by atoms with E-state index < -0.39 is 12.0 Å². The summed E-state index contributed by atoms with van der Waals surface area (Å²) in [5, 5.41) is 9.27. The summed E-state index contributed by atoms with van der Waals surface area (Å²) >= 11 is 0. The zero-order valence-corrected chi connectivity index (χ0v) is 10.9. The summed E-state index contributed by atoms with van der Waals surface area (Å²) in [7, 11) is 0. The molecular formula is C13H22N2O3. The number of carbonyl (C=O) groups excluding carboxylic acids is 1. The van der Waals surface area contributed by atoms with Crippen molar-refractivity contribution in [3.8, 4) is 0 Å². The Labute approximate surface area is 107 Å². The number of piperidine rings is 1. The fraction of sp³-hybridized carbons (Fsp3) is 0.846. The van der Waals surface area contributed by atoms with Crippen LogP contribution in [0, 0.1) is 5.92 Å². The van der Waals surface area contributed by atoms with E-state index in [-0.39, 0.29) is 17.4 Å². The van der Waals surface area contributed by atoms with Gasteiger partial charge in [-0.3, -0.25) is 4.79 Å². The fourth-order valence-electron chi connectivity index (χ4n) is 3.05. The van der Waals surface area contributed by atoms with Crippen molar-refractivity contribution in [3.05, 3.63) is 0 Å². The first-order valence-electron chi connectivity index (χ1n) is 6.74. The molecule has 0 spiro atoms. The predicted octanol–water partition coefficient (Wildman–Crippen LogP) is 0.970. The van der Waals surface area contributed by atoms with Crippen molar-refractivity contribution in [2.75, 3.05) is 6.54 Å². The third-order valence-corrected chi connectivity index (χ3v) is 4.36. The van der Waals surface area contributed by atoms with Gasteiger partial charge in [-0.1, -0.05) is 6.92 Å². The zero-order valence-electron chi connectivity index (χ0n) is 10.9. The molecule has 3 N–H and O–H groups in total. The number of carbonyl (C=O) groups is 2. The highest BCUT2D eigenvalue weighted by Gasteiger charge is 2.41. The quantitative estimate of drug-likeness (QED) is 0.786. The third-order valence-electron chi connectivity index (χ3n) is 4.36. The van der Waals surface area contributed by atoms with Crippen molar-refractivity contribution in [3.63, 3.8) is 0 Å². The molecule has 0 radical (unpaired) electrons.